The third-order valence-corrected chi connectivity index (χ3v) is 4.06. The average molecular weight is 269 g/mol. The summed E-state index contributed by atoms with van der Waals surface area (Å²) in [5.41, 5.74) is 0.383. The Bertz CT molecular complexity index is 494. The van der Waals surface area contributed by atoms with Crippen molar-refractivity contribution in [3.63, 3.8) is 0 Å². The predicted molar refractivity (Wildman–Crippen MR) is 68.2 cm³/mol. The van der Waals surface area contributed by atoms with E-state index >= 15 is 0 Å². The van der Waals surface area contributed by atoms with Crippen LogP contribution in [0, 0.1) is 5.82 Å². The van der Waals surface area contributed by atoms with Gasteiger partial charge in [-0.3, -0.25) is 4.79 Å². The minimum atomic E-state index is -0.442. The summed E-state index contributed by atoms with van der Waals surface area (Å²) in [6.45, 7) is 0.833. The molecule has 2 saturated heterocycles. The summed E-state index contributed by atoms with van der Waals surface area (Å²) in [5.74, 6) is -0.277. The van der Waals surface area contributed by atoms with E-state index in [1.54, 1.807) is 12.1 Å². The second-order valence-electron chi connectivity index (χ2n) is 4.85. The molecule has 1 N–H and O–H groups in total. The molecule has 0 bridgehead atoms. The van der Waals surface area contributed by atoms with Crippen molar-refractivity contribution in [2.45, 2.75) is 31.3 Å². The Morgan fingerprint density at radius 1 is 1.44 bits per heavy atom. The lowest BCUT2D eigenvalue weighted by Gasteiger charge is -2.22. The molecular formula is C13H14ClFN2O. The fourth-order valence-electron chi connectivity index (χ4n) is 2.92. The van der Waals surface area contributed by atoms with E-state index in [1.165, 1.54) is 6.07 Å². The Hall–Kier alpha value is -1.29. The molecule has 1 aromatic rings. The summed E-state index contributed by atoms with van der Waals surface area (Å²) in [4.78, 5) is 13.7. The monoisotopic (exact) mass is 268 g/mol. The highest BCUT2D eigenvalue weighted by atomic mass is 35.5. The second kappa shape index (κ2) is 4.43. The third-order valence-electron chi connectivity index (χ3n) is 3.77. The van der Waals surface area contributed by atoms with E-state index in [4.69, 9.17) is 11.6 Å². The molecule has 2 heterocycles. The van der Waals surface area contributed by atoms with Crippen LogP contribution in [0.1, 0.15) is 19.3 Å². The molecule has 5 heteroatoms. The maximum absolute atomic E-state index is 13.8. The van der Waals surface area contributed by atoms with Crippen molar-refractivity contribution in [2.75, 3.05) is 11.9 Å². The highest BCUT2D eigenvalue weighted by Crippen LogP contribution is 2.32. The van der Waals surface area contributed by atoms with E-state index in [2.05, 4.69) is 5.32 Å². The maximum Gasteiger partial charge on any atom is 0.225 e. The minimum Gasteiger partial charge on any atom is -0.377 e. The molecule has 0 aromatic heterocycles. The van der Waals surface area contributed by atoms with Crippen molar-refractivity contribution in [1.82, 2.24) is 4.90 Å². The first-order valence-electron chi connectivity index (χ1n) is 6.17. The quantitative estimate of drug-likeness (QED) is 0.894. The van der Waals surface area contributed by atoms with Gasteiger partial charge in [0, 0.05) is 13.0 Å². The Kier molecular flexibility index (Phi) is 2.90. The van der Waals surface area contributed by atoms with Crippen molar-refractivity contribution in [2.24, 2.45) is 0 Å². The third kappa shape index (κ3) is 1.85. The summed E-state index contributed by atoms with van der Waals surface area (Å²) in [6.07, 6.45) is 2.47. The van der Waals surface area contributed by atoms with Crippen molar-refractivity contribution in [1.29, 1.82) is 0 Å². The summed E-state index contributed by atoms with van der Waals surface area (Å²) in [5, 5.41) is 3.23. The highest BCUT2D eigenvalue weighted by Gasteiger charge is 2.42. The molecule has 18 heavy (non-hydrogen) atoms. The van der Waals surface area contributed by atoms with Gasteiger partial charge in [-0.1, -0.05) is 17.7 Å². The molecule has 3 rings (SSSR count). The Balaban J connectivity index is 1.81. The molecule has 0 spiro atoms. The van der Waals surface area contributed by atoms with Gasteiger partial charge in [0.05, 0.1) is 22.8 Å². The first-order valence-corrected chi connectivity index (χ1v) is 6.54. The topological polar surface area (TPSA) is 32.3 Å². The second-order valence-corrected chi connectivity index (χ2v) is 5.26. The zero-order valence-corrected chi connectivity index (χ0v) is 10.6. The number of fused-ring (bicyclic) bond motifs is 1. The lowest BCUT2D eigenvalue weighted by Crippen LogP contribution is -2.34. The zero-order valence-electron chi connectivity index (χ0n) is 9.83. The van der Waals surface area contributed by atoms with E-state index in [1.807, 2.05) is 4.90 Å². The van der Waals surface area contributed by atoms with Crippen LogP contribution in [0.5, 0.6) is 0 Å². The van der Waals surface area contributed by atoms with E-state index in [0.717, 1.165) is 19.4 Å². The Morgan fingerprint density at radius 3 is 3.11 bits per heavy atom. The number of carbonyl (C=O) groups is 1. The van der Waals surface area contributed by atoms with Crippen LogP contribution in [-0.2, 0) is 4.79 Å². The number of nitrogens with zero attached hydrogens (tertiary/aromatic N) is 1. The van der Waals surface area contributed by atoms with Gasteiger partial charge in [0.25, 0.3) is 0 Å². The van der Waals surface area contributed by atoms with Gasteiger partial charge in [0.1, 0.15) is 0 Å². The SMILES string of the molecule is O=C1CC(Nc2cccc(Cl)c2F)C2CCCN12. The highest BCUT2D eigenvalue weighted by molar-refractivity contribution is 6.31. The number of hydrogen-bond donors (Lipinski definition) is 1. The predicted octanol–water partition coefficient (Wildman–Crippen LogP) is 2.65. The summed E-state index contributed by atoms with van der Waals surface area (Å²) in [7, 11) is 0. The van der Waals surface area contributed by atoms with E-state index in [0.29, 0.717) is 12.1 Å². The van der Waals surface area contributed by atoms with Gasteiger partial charge in [-0.15, -0.1) is 0 Å². The minimum absolute atomic E-state index is 0.00651. The average Bonchev–Trinajstić information content (AvgIpc) is 2.91. The van der Waals surface area contributed by atoms with Crippen LogP contribution >= 0.6 is 11.6 Å². The largest absolute Gasteiger partial charge is 0.377 e. The standard InChI is InChI=1S/C13H14ClFN2O/c14-8-3-1-4-9(13(8)15)16-10-7-12(18)17-6-2-5-11(10)17/h1,3-4,10-11,16H,2,5-7H2. The van der Waals surface area contributed by atoms with Gasteiger partial charge in [-0.05, 0) is 25.0 Å². The molecular weight excluding hydrogens is 255 g/mol. The molecule has 1 amide bonds. The molecule has 0 saturated carbocycles. The van der Waals surface area contributed by atoms with Crippen LogP contribution < -0.4 is 5.32 Å². The number of nitrogens with one attached hydrogen (secondary N) is 1. The lowest BCUT2D eigenvalue weighted by molar-refractivity contribution is -0.127. The van der Waals surface area contributed by atoms with Crippen molar-refractivity contribution in [3.8, 4) is 0 Å². The van der Waals surface area contributed by atoms with Gasteiger partial charge in [0.2, 0.25) is 5.91 Å². The number of benzene rings is 1. The zero-order chi connectivity index (χ0) is 12.7. The van der Waals surface area contributed by atoms with E-state index in [9.17, 15) is 9.18 Å². The number of anilines is 1. The van der Waals surface area contributed by atoms with Crippen LogP contribution in [0.3, 0.4) is 0 Å². The number of rotatable bonds is 2. The Labute approximate surface area is 110 Å². The van der Waals surface area contributed by atoms with Crippen molar-refractivity contribution < 1.29 is 9.18 Å². The normalized spacial score (nSPS) is 26.6. The number of amides is 1. The molecule has 2 aliphatic rings. The molecule has 0 radical (unpaired) electrons. The van der Waals surface area contributed by atoms with Crippen molar-refractivity contribution in [3.05, 3.63) is 29.0 Å². The van der Waals surface area contributed by atoms with Gasteiger partial charge >= 0.3 is 0 Å². The molecule has 0 aliphatic carbocycles. The van der Waals surface area contributed by atoms with Crippen LogP contribution in [0.15, 0.2) is 18.2 Å². The first-order chi connectivity index (χ1) is 8.66. The van der Waals surface area contributed by atoms with Gasteiger partial charge in [0.15, 0.2) is 5.82 Å². The van der Waals surface area contributed by atoms with Gasteiger partial charge in [-0.2, -0.15) is 0 Å². The Morgan fingerprint density at radius 2 is 2.28 bits per heavy atom. The summed E-state index contributed by atoms with van der Waals surface area (Å²) in [6, 6.07) is 5.08. The van der Waals surface area contributed by atoms with Crippen LogP contribution in [0.4, 0.5) is 10.1 Å². The van der Waals surface area contributed by atoms with Gasteiger partial charge in [-0.25, -0.2) is 4.39 Å². The van der Waals surface area contributed by atoms with Gasteiger partial charge < -0.3 is 10.2 Å². The summed E-state index contributed by atoms with van der Waals surface area (Å²) < 4.78 is 13.8. The lowest BCUT2D eigenvalue weighted by atomic mass is 10.1. The molecule has 2 fully saturated rings. The number of carbonyl (C=O) groups excluding carboxylic acids is 1. The van der Waals surface area contributed by atoms with E-state index < -0.39 is 5.82 Å². The van der Waals surface area contributed by atoms with Crippen LogP contribution in [-0.4, -0.2) is 29.4 Å². The molecule has 3 nitrogen and oxygen atoms in total. The fourth-order valence-corrected chi connectivity index (χ4v) is 3.10. The van der Waals surface area contributed by atoms with Crippen molar-refractivity contribution >= 4 is 23.2 Å². The first kappa shape index (κ1) is 11.8. The number of halogens is 2. The van der Waals surface area contributed by atoms with E-state index in [-0.39, 0.29) is 23.0 Å². The smallest absolute Gasteiger partial charge is 0.225 e. The fraction of sp³-hybridized carbons (Fsp3) is 0.462. The van der Waals surface area contributed by atoms with Crippen LogP contribution in [0.2, 0.25) is 5.02 Å². The molecule has 2 aliphatic heterocycles. The number of hydrogen-bond acceptors (Lipinski definition) is 2. The van der Waals surface area contributed by atoms with Crippen LogP contribution in [0.25, 0.3) is 0 Å². The molecule has 1 aromatic carbocycles. The summed E-state index contributed by atoms with van der Waals surface area (Å²) >= 11 is 5.75. The molecule has 2 unspecified atom stereocenters. The molecule has 2 atom stereocenters. The maximum atomic E-state index is 13.8. The molecule has 96 valence electrons.